The monoisotopic (exact) mass is 317 g/mol. The van der Waals surface area contributed by atoms with Gasteiger partial charge in [0.2, 0.25) is 0 Å². The fourth-order valence-electron chi connectivity index (χ4n) is 2.27. The maximum absolute atomic E-state index is 12.8. The molecule has 1 aromatic heterocycles. The molecule has 1 heterocycles. The number of hydrogen-bond donors (Lipinski definition) is 2. The molecule has 118 valence electrons. The molecule has 3 aromatic rings. The van der Waals surface area contributed by atoms with Crippen molar-refractivity contribution < 1.29 is 13.2 Å². The summed E-state index contributed by atoms with van der Waals surface area (Å²) in [5.74, 6) is 0.611. The lowest BCUT2D eigenvalue weighted by Gasteiger charge is -2.07. The maximum Gasteiger partial charge on any atom is 0.416 e. The minimum Gasteiger partial charge on any atom is -0.388 e. The van der Waals surface area contributed by atoms with Crippen LogP contribution < -0.4 is 5.32 Å². The van der Waals surface area contributed by atoms with Gasteiger partial charge in [-0.2, -0.15) is 13.2 Å². The highest BCUT2D eigenvalue weighted by molar-refractivity contribution is 5.66. The van der Waals surface area contributed by atoms with Gasteiger partial charge in [0, 0.05) is 23.9 Å². The zero-order chi connectivity index (χ0) is 16.4. The van der Waals surface area contributed by atoms with Gasteiger partial charge in [0.05, 0.1) is 17.5 Å². The van der Waals surface area contributed by atoms with E-state index in [0.29, 0.717) is 17.1 Å². The summed E-state index contributed by atoms with van der Waals surface area (Å²) in [5, 5.41) is 3.02. The van der Waals surface area contributed by atoms with Crippen molar-refractivity contribution >= 4 is 5.69 Å². The van der Waals surface area contributed by atoms with E-state index in [2.05, 4.69) is 15.3 Å². The summed E-state index contributed by atoms with van der Waals surface area (Å²) in [6, 6.07) is 12.8. The topological polar surface area (TPSA) is 40.7 Å². The second-order valence-corrected chi connectivity index (χ2v) is 5.05. The number of benzene rings is 2. The Kier molecular flexibility index (Phi) is 3.82. The van der Waals surface area contributed by atoms with Gasteiger partial charge in [-0.1, -0.05) is 12.1 Å². The van der Waals surface area contributed by atoms with Crippen molar-refractivity contribution in [2.75, 3.05) is 12.4 Å². The molecule has 0 fully saturated rings. The Morgan fingerprint density at radius 3 is 2.39 bits per heavy atom. The second kappa shape index (κ2) is 5.79. The fraction of sp³-hybridized carbons (Fsp3) is 0.118. The van der Waals surface area contributed by atoms with E-state index in [1.165, 1.54) is 12.3 Å². The Morgan fingerprint density at radius 1 is 1.00 bits per heavy atom. The van der Waals surface area contributed by atoms with E-state index in [4.69, 9.17) is 0 Å². The van der Waals surface area contributed by atoms with Gasteiger partial charge in [-0.3, -0.25) is 0 Å². The summed E-state index contributed by atoms with van der Waals surface area (Å²) in [7, 11) is 1.83. The van der Waals surface area contributed by atoms with Crippen LogP contribution in [0.5, 0.6) is 0 Å². The molecule has 0 saturated heterocycles. The number of aromatic amines is 1. The van der Waals surface area contributed by atoms with Gasteiger partial charge in [-0.05, 0) is 36.4 Å². The van der Waals surface area contributed by atoms with E-state index in [9.17, 15) is 13.2 Å². The van der Waals surface area contributed by atoms with Crippen molar-refractivity contribution in [1.82, 2.24) is 9.97 Å². The van der Waals surface area contributed by atoms with E-state index >= 15 is 0 Å². The van der Waals surface area contributed by atoms with Crippen LogP contribution in [0.3, 0.4) is 0 Å². The molecule has 0 amide bonds. The molecule has 23 heavy (non-hydrogen) atoms. The normalized spacial score (nSPS) is 11.5. The molecule has 0 spiro atoms. The SMILES string of the molecule is CNc1ccc(-c2ncc(-c3cccc(C(F)(F)F)c3)[nH]2)cc1. The van der Waals surface area contributed by atoms with Crippen LogP contribution in [0.15, 0.2) is 54.7 Å². The third-order valence-corrected chi connectivity index (χ3v) is 3.52. The first-order chi connectivity index (χ1) is 11.0. The molecule has 3 rings (SSSR count). The van der Waals surface area contributed by atoms with E-state index in [-0.39, 0.29) is 0 Å². The number of aromatic nitrogens is 2. The quantitative estimate of drug-likeness (QED) is 0.728. The van der Waals surface area contributed by atoms with Gasteiger partial charge < -0.3 is 10.3 Å². The van der Waals surface area contributed by atoms with Crippen molar-refractivity contribution in [3.8, 4) is 22.6 Å². The van der Waals surface area contributed by atoms with Crippen LogP contribution in [-0.4, -0.2) is 17.0 Å². The van der Waals surface area contributed by atoms with Crippen LogP contribution in [0.25, 0.3) is 22.6 Å². The molecule has 0 unspecified atom stereocenters. The minimum absolute atomic E-state index is 0.449. The molecule has 0 radical (unpaired) electrons. The molecule has 0 atom stereocenters. The van der Waals surface area contributed by atoms with E-state index in [0.717, 1.165) is 23.4 Å². The molecule has 0 aliphatic rings. The van der Waals surface area contributed by atoms with E-state index in [1.54, 1.807) is 6.07 Å². The molecule has 2 N–H and O–H groups in total. The molecule has 0 saturated carbocycles. The first-order valence-corrected chi connectivity index (χ1v) is 6.98. The molecule has 0 bridgehead atoms. The van der Waals surface area contributed by atoms with Crippen LogP contribution >= 0.6 is 0 Å². The number of nitrogens with one attached hydrogen (secondary N) is 2. The Labute approximate surface area is 131 Å². The zero-order valence-corrected chi connectivity index (χ0v) is 12.3. The molecule has 3 nitrogen and oxygen atoms in total. The maximum atomic E-state index is 12.8. The average Bonchev–Trinajstić information content (AvgIpc) is 3.04. The zero-order valence-electron chi connectivity index (χ0n) is 12.3. The Bertz CT molecular complexity index is 804. The summed E-state index contributed by atoms with van der Waals surface area (Å²) < 4.78 is 38.4. The largest absolute Gasteiger partial charge is 0.416 e. The van der Waals surface area contributed by atoms with Crippen LogP contribution in [-0.2, 0) is 6.18 Å². The van der Waals surface area contributed by atoms with Gasteiger partial charge in [0.15, 0.2) is 0 Å². The van der Waals surface area contributed by atoms with Gasteiger partial charge in [-0.25, -0.2) is 4.98 Å². The first kappa shape index (κ1) is 15.1. The Morgan fingerprint density at radius 2 is 1.74 bits per heavy atom. The van der Waals surface area contributed by atoms with Crippen LogP contribution in [0, 0.1) is 0 Å². The summed E-state index contributed by atoms with van der Waals surface area (Å²) in [4.78, 5) is 7.32. The Hall–Kier alpha value is -2.76. The predicted molar refractivity (Wildman–Crippen MR) is 84.0 cm³/mol. The number of H-pyrrole nitrogens is 1. The lowest BCUT2D eigenvalue weighted by Crippen LogP contribution is -2.04. The first-order valence-electron chi connectivity index (χ1n) is 6.98. The lowest BCUT2D eigenvalue weighted by atomic mass is 10.1. The number of alkyl halides is 3. The van der Waals surface area contributed by atoms with Crippen molar-refractivity contribution in [2.24, 2.45) is 0 Å². The highest BCUT2D eigenvalue weighted by atomic mass is 19.4. The highest BCUT2D eigenvalue weighted by Crippen LogP contribution is 2.32. The van der Waals surface area contributed by atoms with Crippen molar-refractivity contribution in [1.29, 1.82) is 0 Å². The lowest BCUT2D eigenvalue weighted by molar-refractivity contribution is -0.137. The van der Waals surface area contributed by atoms with Crippen LogP contribution in [0.4, 0.5) is 18.9 Å². The van der Waals surface area contributed by atoms with Crippen molar-refractivity contribution in [3.05, 3.63) is 60.3 Å². The number of rotatable bonds is 3. The number of hydrogen-bond acceptors (Lipinski definition) is 2. The summed E-state index contributed by atoms with van der Waals surface area (Å²) >= 11 is 0. The van der Waals surface area contributed by atoms with Crippen LogP contribution in [0.2, 0.25) is 0 Å². The standard InChI is InChI=1S/C17H14F3N3/c1-21-14-7-5-11(6-8-14)16-22-10-15(23-16)12-3-2-4-13(9-12)17(18,19)20/h2-10,21H,1H3,(H,22,23). The number of anilines is 1. The van der Waals surface area contributed by atoms with E-state index < -0.39 is 11.7 Å². The number of nitrogens with zero attached hydrogens (tertiary/aromatic N) is 1. The second-order valence-electron chi connectivity index (χ2n) is 5.05. The summed E-state index contributed by atoms with van der Waals surface area (Å²) in [6.07, 6.45) is -2.82. The molecular formula is C17H14F3N3. The fourth-order valence-corrected chi connectivity index (χ4v) is 2.27. The van der Waals surface area contributed by atoms with Crippen molar-refractivity contribution in [3.63, 3.8) is 0 Å². The number of imidazole rings is 1. The van der Waals surface area contributed by atoms with Gasteiger partial charge >= 0.3 is 6.18 Å². The van der Waals surface area contributed by atoms with Gasteiger partial charge in [-0.15, -0.1) is 0 Å². The van der Waals surface area contributed by atoms with Gasteiger partial charge in [0.25, 0.3) is 0 Å². The smallest absolute Gasteiger partial charge is 0.388 e. The highest BCUT2D eigenvalue weighted by Gasteiger charge is 2.30. The predicted octanol–water partition coefficient (Wildman–Crippen LogP) is 4.80. The average molecular weight is 317 g/mol. The van der Waals surface area contributed by atoms with E-state index in [1.807, 2.05) is 31.3 Å². The van der Waals surface area contributed by atoms with Crippen molar-refractivity contribution in [2.45, 2.75) is 6.18 Å². The Balaban J connectivity index is 1.92. The molecule has 2 aromatic carbocycles. The summed E-state index contributed by atoms with van der Waals surface area (Å²) in [5.41, 5.74) is 2.15. The summed E-state index contributed by atoms with van der Waals surface area (Å²) in [6.45, 7) is 0. The third kappa shape index (κ3) is 3.21. The van der Waals surface area contributed by atoms with Gasteiger partial charge in [0.1, 0.15) is 5.82 Å². The molecule has 6 heteroatoms. The minimum atomic E-state index is -4.36. The van der Waals surface area contributed by atoms with Crippen LogP contribution in [0.1, 0.15) is 5.56 Å². The molecule has 0 aliphatic heterocycles. The molecule has 0 aliphatic carbocycles. The third-order valence-electron chi connectivity index (χ3n) is 3.52. The molecular weight excluding hydrogens is 303 g/mol. The number of halogens is 3.